The fourth-order valence-corrected chi connectivity index (χ4v) is 3.21. The summed E-state index contributed by atoms with van der Waals surface area (Å²) in [5, 5.41) is 8.96. The molecule has 0 saturated heterocycles. The predicted molar refractivity (Wildman–Crippen MR) is 85.0 cm³/mol. The number of aromatic nitrogens is 1. The molecule has 1 aromatic carbocycles. The molecule has 2 aromatic rings. The average molecular weight is 343 g/mol. The van der Waals surface area contributed by atoms with E-state index in [9.17, 15) is 13.2 Å². The third kappa shape index (κ3) is 3.80. The Labute approximate surface area is 133 Å². The van der Waals surface area contributed by atoms with Crippen LogP contribution in [0.3, 0.4) is 0 Å². The Bertz CT molecular complexity index is 772. The van der Waals surface area contributed by atoms with Crippen LogP contribution < -0.4 is 4.31 Å². The second kappa shape index (κ2) is 6.41. The summed E-state index contributed by atoms with van der Waals surface area (Å²) in [6, 6.07) is 7.79. The third-order valence-corrected chi connectivity index (χ3v) is 4.61. The second-order valence-corrected chi connectivity index (χ2v) is 7.04. The smallest absolute Gasteiger partial charge is 0.337 e. The van der Waals surface area contributed by atoms with E-state index < -0.39 is 16.0 Å². The van der Waals surface area contributed by atoms with Gasteiger partial charge < -0.3 is 9.67 Å². The Morgan fingerprint density at radius 1 is 1.32 bits per heavy atom. The molecule has 1 N–H and O–H groups in total. The maximum absolute atomic E-state index is 12.0. The molecular weight excluding hydrogens is 328 g/mol. The molecule has 0 aliphatic heterocycles. The van der Waals surface area contributed by atoms with Gasteiger partial charge in [0.15, 0.2) is 0 Å². The van der Waals surface area contributed by atoms with E-state index in [0.717, 1.165) is 6.26 Å². The Morgan fingerprint density at radius 3 is 2.45 bits per heavy atom. The lowest BCUT2D eigenvalue weighted by atomic mass is 10.2. The zero-order valence-electron chi connectivity index (χ0n) is 11.8. The number of hydrogen-bond donors (Lipinski definition) is 1. The van der Waals surface area contributed by atoms with Crippen LogP contribution in [-0.2, 0) is 16.6 Å². The van der Waals surface area contributed by atoms with Crippen LogP contribution in [0.5, 0.6) is 0 Å². The number of benzene rings is 1. The summed E-state index contributed by atoms with van der Waals surface area (Å²) in [4.78, 5) is 11.0. The molecule has 118 valence electrons. The maximum atomic E-state index is 12.0. The van der Waals surface area contributed by atoms with E-state index in [1.807, 2.05) is 29.1 Å². The zero-order valence-corrected chi connectivity index (χ0v) is 13.4. The standard InChI is InChI=1S/C14H15ClN2O4S/c1-22(20,21)17(9-8-16-6-2-3-7-16)11-4-5-12(14(18)19)13(15)10-11/h2-7,10H,8-9H2,1H3,(H,18,19). The van der Waals surface area contributed by atoms with Gasteiger partial charge in [-0.2, -0.15) is 0 Å². The number of aromatic carboxylic acids is 1. The van der Waals surface area contributed by atoms with Crippen LogP contribution in [0.25, 0.3) is 0 Å². The van der Waals surface area contributed by atoms with Crippen molar-refractivity contribution in [3.8, 4) is 0 Å². The molecule has 0 unspecified atom stereocenters. The van der Waals surface area contributed by atoms with E-state index in [1.165, 1.54) is 22.5 Å². The zero-order chi connectivity index (χ0) is 16.3. The van der Waals surface area contributed by atoms with Crippen LogP contribution in [0, 0.1) is 0 Å². The van der Waals surface area contributed by atoms with Gasteiger partial charge in [0, 0.05) is 18.9 Å². The first-order valence-corrected chi connectivity index (χ1v) is 8.63. The molecule has 0 aliphatic rings. The Hall–Kier alpha value is -1.99. The van der Waals surface area contributed by atoms with Crippen molar-refractivity contribution >= 4 is 33.3 Å². The molecule has 0 amide bonds. The number of sulfonamides is 1. The molecule has 2 rings (SSSR count). The number of carbonyl (C=O) groups is 1. The largest absolute Gasteiger partial charge is 0.478 e. The highest BCUT2D eigenvalue weighted by Crippen LogP contribution is 2.25. The fraction of sp³-hybridized carbons (Fsp3) is 0.214. The first-order valence-electron chi connectivity index (χ1n) is 6.40. The van der Waals surface area contributed by atoms with Crippen LogP contribution in [0.4, 0.5) is 5.69 Å². The monoisotopic (exact) mass is 342 g/mol. The number of carboxylic acid groups (broad SMARTS) is 1. The summed E-state index contributed by atoms with van der Waals surface area (Å²) < 4.78 is 27.0. The summed E-state index contributed by atoms with van der Waals surface area (Å²) in [5.41, 5.74) is 0.272. The molecule has 0 aliphatic carbocycles. The number of nitrogens with zero attached hydrogens (tertiary/aromatic N) is 2. The Morgan fingerprint density at radius 2 is 1.95 bits per heavy atom. The minimum atomic E-state index is -3.51. The van der Waals surface area contributed by atoms with Crippen LogP contribution in [0.2, 0.25) is 5.02 Å². The summed E-state index contributed by atoms with van der Waals surface area (Å²) >= 11 is 5.91. The molecule has 22 heavy (non-hydrogen) atoms. The van der Waals surface area contributed by atoms with Crippen molar-refractivity contribution in [2.45, 2.75) is 6.54 Å². The highest BCUT2D eigenvalue weighted by molar-refractivity contribution is 7.92. The quantitative estimate of drug-likeness (QED) is 0.873. The fourth-order valence-electron chi connectivity index (χ4n) is 2.04. The van der Waals surface area contributed by atoms with Gasteiger partial charge in [0.1, 0.15) is 0 Å². The van der Waals surface area contributed by atoms with Crippen molar-refractivity contribution in [2.24, 2.45) is 0 Å². The first-order chi connectivity index (χ1) is 10.3. The van der Waals surface area contributed by atoms with Gasteiger partial charge >= 0.3 is 5.97 Å². The van der Waals surface area contributed by atoms with Crippen LogP contribution in [-0.4, -0.2) is 36.9 Å². The van der Waals surface area contributed by atoms with Crippen molar-refractivity contribution in [1.82, 2.24) is 4.57 Å². The molecule has 0 bridgehead atoms. The van der Waals surface area contributed by atoms with E-state index in [0.29, 0.717) is 12.2 Å². The van der Waals surface area contributed by atoms with E-state index >= 15 is 0 Å². The Kier molecular flexibility index (Phi) is 4.77. The first kappa shape index (κ1) is 16.4. The van der Waals surface area contributed by atoms with Gasteiger partial charge in [-0.15, -0.1) is 0 Å². The van der Waals surface area contributed by atoms with Gasteiger partial charge in [-0.25, -0.2) is 13.2 Å². The highest BCUT2D eigenvalue weighted by atomic mass is 35.5. The lowest BCUT2D eigenvalue weighted by Crippen LogP contribution is -2.32. The number of hydrogen-bond acceptors (Lipinski definition) is 3. The van der Waals surface area contributed by atoms with Gasteiger partial charge in [-0.3, -0.25) is 4.31 Å². The van der Waals surface area contributed by atoms with Crippen molar-refractivity contribution in [2.75, 3.05) is 17.1 Å². The molecule has 0 atom stereocenters. The lowest BCUT2D eigenvalue weighted by Gasteiger charge is -2.23. The second-order valence-electron chi connectivity index (χ2n) is 4.73. The minimum absolute atomic E-state index is 0.000357. The van der Waals surface area contributed by atoms with Crippen LogP contribution in [0.15, 0.2) is 42.7 Å². The number of carboxylic acids is 1. The summed E-state index contributed by atoms with van der Waals surface area (Å²) in [5.74, 6) is -1.16. The average Bonchev–Trinajstić information content (AvgIpc) is 2.90. The van der Waals surface area contributed by atoms with Gasteiger partial charge in [0.2, 0.25) is 10.0 Å². The number of halogens is 1. The molecule has 8 heteroatoms. The Balaban J connectivity index is 2.30. The molecule has 0 saturated carbocycles. The molecule has 6 nitrogen and oxygen atoms in total. The number of anilines is 1. The van der Waals surface area contributed by atoms with E-state index in [4.69, 9.17) is 16.7 Å². The predicted octanol–water partition coefficient (Wildman–Crippen LogP) is 2.31. The van der Waals surface area contributed by atoms with E-state index in [1.54, 1.807) is 0 Å². The molecule has 0 spiro atoms. The van der Waals surface area contributed by atoms with Crippen molar-refractivity contribution in [1.29, 1.82) is 0 Å². The van der Waals surface area contributed by atoms with Gasteiger partial charge in [-0.05, 0) is 30.3 Å². The van der Waals surface area contributed by atoms with Crippen molar-refractivity contribution in [3.05, 3.63) is 53.3 Å². The summed E-state index contributed by atoms with van der Waals surface area (Å²) in [7, 11) is -3.51. The lowest BCUT2D eigenvalue weighted by molar-refractivity contribution is 0.0697. The van der Waals surface area contributed by atoms with Gasteiger partial charge in [0.25, 0.3) is 0 Å². The van der Waals surface area contributed by atoms with Gasteiger partial charge in [0.05, 0.1) is 29.1 Å². The maximum Gasteiger partial charge on any atom is 0.337 e. The summed E-state index contributed by atoms with van der Waals surface area (Å²) in [6.07, 6.45) is 4.77. The third-order valence-electron chi connectivity index (χ3n) is 3.10. The van der Waals surface area contributed by atoms with E-state index in [2.05, 4.69) is 0 Å². The van der Waals surface area contributed by atoms with Crippen molar-refractivity contribution < 1.29 is 18.3 Å². The summed E-state index contributed by atoms with van der Waals surface area (Å²) in [6.45, 7) is 0.689. The van der Waals surface area contributed by atoms with Crippen LogP contribution >= 0.6 is 11.6 Å². The molecule has 1 heterocycles. The molecule has 1 aromatic heterocycles. The molecule has 0 fully saturated rings. The minimum Gasteiger partial charge on any atom is -0.478 e. The van der Waals surface area contributed by atoms with Crippen molar-refractivity contribution in [3.63, 3.8) is 0 Å². The van der Waals surface area contributed by atoms with Crippen LogP contribution in [0.1, 0.15) is 10.4 Å². The van der Waals surface area contributed by atoms with E-state index in [-0.39, 0.29) is 17.1 Å². The molecule has 0 radical (unpaired) electrons. The topological polar surface area (TPSA) is 79.6 Å². The SMILES string of the molecule is CS(=O)(=O)N(CCn1cccc1)c1ccc(C(=O)O)c(Cl)c1. The van der Waals surface area contributed by atoms with Gasteiger partial charge in [-0.1, -0.05) is 11.6 Å². The molecular formula is C14H15ClN2O4S. The normalized spacial score (nSPS) is 11.4. The number of rotatable bonds is 6. The highest BCUT2D eigenvalue weighted by Gasteiger charge is 2.19.